The van der Waals surface area contributed by atoms with Gasteiger partial charge in [-0.25, -0.2) is 4.79 Å². The standard InChI is InChI=1S/C30H37F3N2O4/c31-30(32,33)29(36)39-25-9-10-26-22(20-25)11-16-35(24-13-17-37-18-14-24)27(26)28(21-6-2-1-3-7-21)38-19-12-23-8-4-5-15-34-23/h1-3,6-7,9-10,20,23-24,27-28,34H,4-5,8,11-19H2. The molecule has 2 fully saturated rings. The fourth-order valence-electron chi connectivity index (χ4n) is 6.17. The van der Waals surface area contributed by atoms with Crippen molar-refractivity contribution < 1.29 is 32.2 Å². The summed E-state index contributed by atoms with van der Waals surface area (Å²) in [6, 6.07) is 15.7. The lowest BCUT2D eigenvalue weighted by Crippen LogP contribution is -2.47. The number of nitrogens with one attached hydrogen (secondary N) is 1. The minimum absolute atomic E-state index is 0.0881. The van der Waals surface area contributed by atoms with Gasteiger partial charge in [-0.1, -0.05) is 42.8 Å². The molecule has 0 aliphatic carbocycles. The van der Waals surface area contributed by atoms with Crippen molar-refractivity contribution >= 4 is 5.97 Å². The Morgan fingerprint density at radius 1 is 1.08 bits per heavy atom. The number of nitrogens with zero attached hydrogens (tertiary/aromatic N) is 1. The lowest BCUT2D eigenvalue weighted by atomic mass is 9.84. The van der Waals surface area contributed by atoms with Crippen LogP contribution in [-0.2, 0) is 20.7 Å². The summed E-state index contributed by atoms with van der Waals surface area (Å²) in [6.07, 6.45) is 1.69. The molecule has 3 unspecified atom stereocenters. The average Bonchev–Trinajstić information content (AvgIpc) is 2.96. The third-order valence-corrected chi connectivity index (χ3v) is 8.12. The van der Waals surface area contributed by atoms with E-state index in [9.17, 15) is 18.0 Å². The average molecular weight is 547 g/mol. The number of rotatable bonds is 8. The first-order valence-corrected chi connectivity index (χ1v) is 14.1. The number of carbonyl (C=O) groups excluding carboxylic acids is 1. The number of carbonyl (C=O) groups is 1. The van der Waals surface area contributed by atoms with E-state index in [1.54, 1.807) is 6.07 Å². The van der Waals surface area contributed by atoms with Gasteiger partial charge in [0.1, 0.15) is 11.9 Å². The molecule has 0 aromatic heterocycles. The van der Waals surface area contributed by atoms with Crippen molar-refractivity contribution in [2.75, 3.05) is 32.9 Å². The van der Waals surface area contributed by atoms with Crippen molar-refractivity contribution in [2.24, 2.45) is 0 Å². The van der Waals surface area contributed by atoms with Crippen LogP contribution in [0.15, 0.2) is 48.5 Å². The Hall–Kier alpha value is -2.46. The molecule has 212 valence electrons. The van der Waals surface area contributed by atoms with Gasteiger partial charge in [-0.05, 0) is 73.9 Å². The topological polar surface area (TPSA) is 60.0 Å². The zero-order valence-corrected chi connectivity index (χ0v) is 22.1. The predicted octanol–water partition coefficient (Wildman–Crippen LogP) is 5.52. The molecule has 0 amide bonds. The molecular formula is C30H37F3N2O4. The highest BCUT2D eigenvalue weighted by atomic mass is 19.4. The lowest BCUT2D eigenvalue weighted by Gasteiger charge is -2.46. The molecule has 2 saturated heterocycles. The number of halogens is 3. The van der Waals surface area contributed by atoms with Crippen molar-refractivity contribution in [2.45, 2.75) is 75.4 Å². The van der Waals surface area contributed by atoms with Crippen molar-refractivity contribution in [3.05, 3.63) is 65.2 Å². The zero-order valence-electron chi connectivity index (χ0n) is 22.1. The van der Waals surface area contributed by atoms with E-state index in [1.807, 2.05) is 24.3 Å². The second-order valence-corrected chi connectivity index (χ2v) is 10.7. The largest absolute Gasteiger partial charge is 0.491 e. The highest BCUT2D eigenvalue weighted by molar-refractivity contribution is 5.78. The molecule has 2 aromatic carbocycles. The maximum atomic E-state index is 12.8. The minimum atomic E-state index is -5.04. The summed E-state index contributed by atoms with van der Waals surface area (Å²) in [5.41, 5.74) is 2.95. The molecule has 3 atom stereocenters. The second-order valence-electron chi connectivity index (χ2n) is 10.7. The Balaban J connectivity index is 1.45. The normalized spacial score (nSPS) is 23.7. The molecule has 3 aliphatic heterocycles. The third kappa shape index (κ3) is 7.01. The molecule has 0 spiro atoms. The van der Waals surface area contributed by atoms with Crippen LogP contribution in [0.25, 0.3) is 0 Å². The molecule has 3 aliphatic rings. The molecule has 0 saturated carbocycles. The van der Waals surface area contributed by atoms with Crippen LogP contribution in [0, 0.1) is 0 Å². The second kappa shape index (κ2) is 12.8. The van der Waals surface area contributed by atoms with Gasteiger partial charge in [-0.2, -0.15) is 13.2 Å². The number of hydrogen-bond donors (Lipinski definition) is 1. The van der Waals surface area contributed by atoms with E-state index < -0.39 is 12.1 Å². The number of ether oxygens (including phenoxy) is 3. The molecule has 5 rings (SSSR count). The highest BCUT2D eigenvalue weighted by Gasteiger charge is 2.42. The monoisotopic (exact) mass is 546 g/mol. The number of benzene rings is 2. The van der Waals surface area contributed by atoms with Crippen LogP contribution in [-0.4, -0.2) is 62.0 Å². The Morgan fingerprint density at radius 3 is 2.59 bits per heavy atom. The zero-order chi connectivity index (χ0) is 27.2. The molecule has 3 heterocycles. The predicted molar refractivity (Wildman–Crippen MR) is 141 cm³/mol. The van der Waals surface area contributed by atoms with Crippen LogP contribution < -0.4 is 10.1 Å². The van der Waals surface area contributed by atoms with E-state index >= 15 is 0 Å². The summed E-state index contributed by atoms with van der Waals surface area (Å²) < 4.78 is 55.5. The first-order chi connectivity index (χ1) is 18.9. The van der Waals surface area contributed by atoms with Crippen LogP contribution in [0.2, 0.25) is 0 Å². The maximum absolute atomic E-state index is 12.8. The minimum Gasteiger partial charge on any atom is -0.420 e. The van der Waals surface area contributed by atoms with Crippen LogP contribution in [0.5, 0.6) is 5.75 Å². The number of esters is 1. The van der Waals surface area contributed by atoms with Crippen LogP contribution in [0.1, 0.15) is 67.4 Å². The first-order valence-electron chi connectivity index (χ1n) is 14.1. The van der Waals surface area contributed by atoms with Crippen molar-refractivity contribution in [3.63, 3.8) is 0 Å². The number of fused-ring (bicyclic) bond motifs is 1. The van der Waals surface area contributed by atoms with Gasteiger partial charge in [0, 0.05) is 38.4 Å². The number of piperidine rings is 1. The SMILES string of the molecule is O=C(Oc1ccc2c(c1)CCN(C1CCOCC1)C2C(OCCC1CCCCN1)c1ccccc1)C(F)(F)F. The molecule has 9 heteroatoms. The quantitative estimate of drug-likeness (QED) is 0.348. The summed E-state index contributed by atoms with van der Waals surface area (Å²) in [7, 11) is 0. The molecule has 0 radical (unpaired) electrons. The summed E-state index contributed by atoms with van der Waals surface area (Å²) in [5.74, 6) is -2.30. The Morgan fingerprint density at radius 2 is 1.87 bits per heavy atom. The van der Waals surface area contributed by atoms with Gasteiger partial charge < -0.3 is 19.5 Å². The van der Waals surface area contributed by atoms with Crippen LogP contribution >= 0.6 is 0 Å². The third-order valence-electron chi connectivity index (χ3n) is 8.12. The van der Waals surface area contributed by atoms with Crippen LogP contribution in [0.4, 0.5) is 13.2 Å². The van der Waals surface area contributed by atoms with Crippen LogP contribution in [0.3, 0.4) is 0 Å². The fraction of sp³-hybridized carbons (Fsp3) is 0.567. The Bertz CT molecular complexity index is 1090. The lowest BCUT2D eigenvalue weighted by molar-refractivity contribution is -0.189. The van der Waals surface area contributed by atoms with Crippen molar-refractivity contribution in [1.29, 1.82) is 0 Å². The van der Waals surface area contributed by atoms with E-state index in [1.165, 1.54) is 18.9 Å². The molecular weight excluding hydrogens is 509 g/mol. The number of hydrogen-bond acceptors (Lipinski definition) is 6. The summed E-state index contributed by atoms with van der Waals surface area (Å²) in [6.45, 7) is 3.79. The van der Waals surface area contributed by atoms with Gasteiger partial charge in [0.05, 0.1) is 6.04 Å². The van der Waals surface area contributed by atoms with Gasteiger partial charge in [0.15, 0.2) is 0 Å². The molecule has 6 nitrogen and oxygen atoms in total. The Kier molecular flexibility index (Phi) is 9.22. The van der Waals surface area contributed by atoms with Gasteiger partial charge in [0.2, 0.25) is 0 Å². The maximum Gasteiger partial charge on any atom is 0.491 e. The van der Waals surface area contributed by atoms with E-state index in [0.717, 1.165) is 55.5 Å². The van der Waals surface area contributed by atoms with Crippen molar-refractivity contribution in [1.82, 2.24) is 10.2 Å². The van der Waals surface area contributed by atoms with E-state index in [-0.39, 0.29) is 17.9 Å². The summed E-state index contributed by atoms with van der Waals surface area (Å²) in [4.78, 5) is 14.0. The van der Waals surface area contributed by atoms with Crippen molar-refractivity contribution in [3.8, 4) is 5.75 Å². The van der Waals surface area contributed by atoms with Gasteiger partial charge in [0.25, 0.3) is 0 Å². The molecule has 2 aromatic rings. The highest BCUT2D eigenvalue weighted by Crippen LogP contribution is 2.44. The fourth-order valence-corrected chi connectivity index (χ4v) is 6.17. The van der Waals surface area contributed by atoms with Gasteiger partial charge in [-0.15, -0.1) is 0 Å². The summed E-state index contributed by atoms with van der Waals surface area (Å²) >= 11 is 0. The van der Waals surface area contributed by atoms with Gasteiger partial charge >= 0.3 is 12.1 Å². The van der Waals surface area contributed by atoms with Gasteiger partial charge in [-0.3, -0.25) is 4.90 Å². The first kappa shape index (κ1) is 28.1. The summed E-state index contributed by atoms with van der Waals surface area (Å²) in [5, 5.41) is 3.59. The van der Waals surface area contributed by atoms with E-state index in [0.29, 0.717) is 38.3 Å². The molecule has 0 bridgehead atoms. The van der Waals surface area contributed by atoms with E-state index in [4.69, 9.17) is 9.47 Å². The van der Waals surface area contributed by atoms with E-state index in [2.05, 4.69) is 27.1 Å². The number of alkyl halides is 3. The molecule has 39 heavy (non-hydrogen) atoms. The Labute approximate surface area is 227 Å². The molecule has 1 N–H and O–H groups in total. The smallest absolute Gasteiger partial charge is 0.420 e.